The van der Waals surface area contributed by atoms with Crippen molar-refractivity contribution in [3.63, 3.8) is 0 Å². The third kappa shape index (κ3) is 41.3. The van der Waals surface area contributed by atoms with Crippen molar-refractivity contribution in [3.8, 4) is 0 Å². The Balaban J connectivity index is 4.86. The number of unbranched alkanes of at least 4 members (excludes halogenated alkanes) is 22. The SMILES string of the molecule is CCCCCCCC/C=C\CCCCCCCC(=O)OCC(COP(=O)(OCC[N+](C)(C)C)OCC(=O)OCC)OC(=O)CCCCCCC/C=C\CCCCCCCC. The van der Waals surface area contributed by atoms with Crippen molar-refractivity contribution in [3.05, 3.63) is 24.3 Å². The molecular formula is C48H91NO10P+. The summed E-state index contributed by atoms with van der Waals surface area (Å²) >= 11 is 0. The molecule has 0 amide bonds. The molecule has 0 heterocycles. The summed E-state index contributed by atoms with van der Waals surface area (Å²) in [5.74, 6) is -1.57. The summed E-state index contributed by atoms with van der Waals surface area (Å²) in [6.07, 6.45) is 38.8. The third-order valence-electron chi connectivity index (χ3n) is 10.1. The van der Waals surface area contributed by atoms with Gasteiger partial charge in [-0.05, 0) is 71.1 Å². The van der Waals surface area contributed by atoms with Gasteiger partial charge < -0.3 is 18.7 Å². The van der Waals surface area contributed by atoms with Crippen LogP contribution in [0.5, 0.6) is 0 Å². The van der Waals surface area contributed by atoms with Crippen LogP contribution in [-0.2, 0) is 46.7 Å². The van der Waals surface area contributed by atoms with E-state index in [1.165, 1.54) is 89.9 Å². The standard InChI is InChI=1S/C48H91NO10P/c1-7-10-12-14-16-18-20-22-24-26-28-30-32-34-36-38-46(50)55-42-45(43-57-60(53,56-41-40-49(4,5)6)58-44-48(52)54-9-3)59-47(51)39-37-35-33-31-29-27-25-23-21-19-17-15-13-11-8-2/h22-25,45H,7-21,26-44H2,1-6H3/q+1/b24-22-,25-23-. The van der Waals surface area contributed by atoms with E-state index in [1.54, 1.807) is 6.92 Å². The van der Waals surface area contributed by atoms with Crippen molar-refractivity contribution in [1.82, 2.24) is 0 Å². The highest BCUT2D eigenvalue weighted by atomic mass is 31.2. The van der Waals surface area contributed by atoms with Crippen LogP contribution in [0.3, 0.4) is 0 Å². The van der Waals surface area contributed by atoms with Gasteiger partial charge >= 0.3 is 25.7 Å². The molecule has 352 valence electrons. The number of likely N-dealkylation sites (N-methyl/N-ethyl adjacent to an activating group) is 1. The summed E-state index contributed by atoms with van der Waals surface area (Å²) in [6.45, 7) is 5.47. The topological polar surface area (TPSA) is 124 Å². The Morgan fingerprint density at radius 3 is 1.38 bits per heavy atom. The highest BCUT2D eigenvalue weighted by Gasteiger charge is 2.32. The predicted molar refractivity (Wildman–Crippen MR) is 245 cm³/mol. The van der Waals surface area contributed by atoms with Crippen molar-refractivity contribution in [1.29, 1.82) is 0 Å². The number of ether oxygens (including phenoxy) is 3. The molecule has 0 aliphatic rings. The van der Waals surface area contributed by atoms with E-state index in [9.17, 15) is 18.9 Å². The Hall–Kier alpha value is -2.04. The highest BCUT2D eigenvalue weighted by molar-refractivity contribution is 7.48. The second-order valence-electron chi connectivity index (χ2n) is 17.1. The number of esters is 3. The lowest BCUT2D eigenvalue weighted by molar-refractivity contribution is -0.870. The van der Waals surface area contributed by atoms with Gasteiger partial charge in [0.15, 0.2) is 12.7 Å². The number of phosphoric ester groups is 1. The molecule has 0 aromatic carbocycles. The Morgan fingerprint density at radius 2 is 0.933 bits per heavy atom. The molecule has 0 fully saturated rings. The number of carbonyl (C=O) groups is 3. The van der Waals surface area contributed by atoms with Gasteiger partial charge in [-0.3, -0.25) is 23.2 Å². The van der Waals surface area contributed by atoms with E-state index < -0.39 is 45.0 Å². The van der Waals surface area contributed by atoms with Gasteiger partial charge in [0.2, 0.25) is 0 Å². The van der Waals surface area contributed by atoms with Crippen LogP contribution in [0.4, 0.5) is 0 Å². The van der Waals surface area contributed by atoms with Crippen molar-refractivity contribution in [2.45, 2.75) is 207 Å². The summed E-state index contributed by atoms with van der Waals surface area (Å²) < 4.78 is 46.7. The van der Waals surface area contributed by atoms with E-state index in [2.05, 4.69) is 38.2 Å². The van der Waals surface area contributed by atoms with E-state index in [-0.39, 0.29) is 32.7 Å². The quantitative estimate of drug-likeness (QED) is 0.0146. The number of carbonyl (C=O) groups excluding carboxylic acids is 3. The zero-order valence-electron chi connectivity index (χ0n) is 39.4. The summed E-state index contributed by atoms with van der Waals surface area (Å²) in [5, 5.41) is 0. The fourth-order valence-corrected chi connectivity index (χ4v) is 7.49. The lowest BCUT2D eigenvalue weighted by Gasteiger charge is -2.25. The minimum atomic E-state index is -4.28. The van der Waals surface area contributed by atoms with Crippen LogP contribution >= 0.6 is 7.82 Å². The van der Waals surface area contributed by atoms with E-state index in [1.807, 2.05) is 21.1 Å². The molecule has 11 nitrogen and oxygen atoms in total. The lowest BCUT2D eigenvalue weighted by atomic mass is 10.1. The van der Waals surface area contributed by atoms with Crippen LogP contribution in [0.25, 0.3) is 0 Å². The van der Waals surface area contributed by atoms with Crippen LogP contribution in [0.2, 0.25) is 0 Å². The number of hydrogen-bond acceptors (Lipinski definition) is 10. The maximum atomic E-state index is 13.6. The Kier molecular flexibility index (Phi) is 39.6. The van der Waals surface area contributed by atoms with Crippen LogP contribution in [0, 0.1) is 0 Å². The summed E-state index contributed by atoms with van der Waals surface area (Å²) in [6, 6.07) is 0. The van der Waals surface area contributed by atoms with Gasteiger partial charge in [-0.15, -0.1) is 0 Å². The molecule has 0 rings (SSSR count). The molecular weight excluding hydrogens is 781 g/mol. The summed E-state index contributed by atoms with van der Waals surface area (Å²) in [7, 11) is 1.57. The predicted octanol–water partition coefficient (Wildman–Crippen LogP) is 12.9. The fourth-order valence-electron chi connectivity index (χ4n) is 6.35. The van der Waals surface area contributed by atoms with Gasteiger partial charge in [-0.25, -0.2) is 9.36 Å². The smallest absolute Gasteiger partial charge is 0.464 e. The van der Waals surface area contributed by atoms with Crippen molar-refractivity contribution in [2.75, 3.05) is 60.7 Å². The number of allylic oxidation sites excluding steroid dienone is 4. The number of phosphoric acid groups is 1. The molecule has 0 bridgehead atoms. The first-order chi connectivity index (χ1) is 28.9. The van der Waals surface area contributed by atoms with Gasteiger partial charge in [0.25, 0.3) is 0 Å². The second kappa shape index (κ2) is 41.0. The molecule has 0 aromatic heterocycles. The van der Waals surface area contributed by atoms with Gasteiger partial charge in [0.1, 0.15) is 19.8 Å². The van der Waals surface area contributed by atoms with E-state index >= 15 is 0 Å². The molecule has 0 saturated carbocycles. The molecule has 2 atom stereocenters. The molecule has 12 heteroatoms. The van der Waals surface area contributed by atoms with Crippen molar-refractivity contribution >= 4 is 25.7 Å². The Labute approximate surface area is 367 Å². The number of rotatable bonds is 44. The summed E-state index contributed by atoms with van der Waals surface area (Å²) in [4.78, 5) is 37.6. The fraction of sp³-hybridized carbons (Fsp3) is 0.854. The minimum Gasteiger partial charge on any atom is -0.464 e. The molecule has 0 aliphatic heterocycles. The molecule has 0 radical (unpaired) electrons. The zero-order chi connectivity index (χ0) is 44.4. The Morgan fingerprint density at radius 1 is 0.500 bits per heavy atom. The first-order valence-corrected chi connectivity index (χ1v) is 25.6. The monoisotopic (exact) mass is 873 g/mol. The van der Waals surface area contributed by atoms with Crippen molar-refractivity contribution in [2.24, 2.45) is 0 Å². The molecule has 60 heavy (non-hydrogen) atoms. The number of quaternary nitrogens is 1. The average Bonchev–Trinajstić information content (AvgIpc) is 3.20. The van der Waals surface area contributed by atoms with E-state index in [0.717, 1.165) is 64.2 Å². The molecule has 2 unspecified atom stereocenters. The second-order valence-corrected chi connectivity index (χ2v) is 18.8. The first-order valence-electron chi connectivity index (χ1n) is 24.1. The van der Waals surface area contributed by atoms with Crippen molar-refractivity contribution < 1.29 is 51.2 Å². The van der Waals surface area contributed by atoms with Gasteiger partial charge in [0.05, 0.1) is 34.4 Å². The maximum absolute atomic E-state index is 13.6. The molecule has 0 aromatic rings. The normalized spacial score (nSPS) is 13.5. The number of nitrogens with zero attached hydrogens (tertiary/aromatic N) is 1. The summed E-state index contributed by atoms with van der Waals surface area (Å²) in [5.41, 5.74) is 0. The lowest BCUT2D eigenvalue weighted by Crippen LogP contribution is -2.37. The van der Waals surface area contributed by atoms with Crippen LogP contribution in [0.15, 0.2) is 24.3 Å². The zero-order valence-corrected chi connectivity index (χ0v) is 40.3. The molecule has 0 saturated heterocycles. The largest absolute Gasteiger partial charge is 0.475 e. The average molecular weight is 873 g/mol. The van der Waals surface area contributed by atoms with Crippen LogP contribution in [0.1, 0.15) is 201 Å². The maximum Gasteiger partial charge on any atom is 0.475 e. The van der Waals surface area contributed by atoms with E-state index in [0.29, 0.717) is 23.9 Å². The number of hydrogen-bond donors (Lipinski definition) is 0. The Bertz CT molecular complexity index is 1140. The minimum absolute atomic E-state index is 0.0223. The van der Waals surface area contributed by atoms with Crippen LogP contribution < -0.4 is 0 Å². The molecule has 0 N–H and O–H groups in total. The molecule has 0 aliphatic carbocycles. The van der Waals surface area contributed by atoms with E-state index in [4.69, 9.17) is 27.8 Å². The first kappa shape index (κ1) is 58.0. The van der Waals surface area contributed by atoms with Gasteiger partial charge in [0, 0.05) is 12.8 Å². The van der Waals surface area contributed by atoms with Gasteiger partial charge in [-0.2, -0.15) is 0 Å². The molecule has 0 spiro atoms. The third-order valence-corrected chi connectivity index (χ3v) is 11.5. The highest BCUT2D eigenvalue weighted by Crippen LogP contribution is 2.49. The van der Waals surface area contributed by atoms with Gasteiger partial charge in [-0.1, -0.05) is 141 Å². The van der Waals surface area contributed by atoms with Crippen LogP contribution in [-0.4, -0.2) is 89.2 Å².